The Hall–Kier alpha value is -2.05. The van der Waals surface area contributed by atoms with Gasteiger partial charge in [-0.1, -0.05) is 12.1 Å². The lowest BCUT2D eigenvalue weighted by molar-refractivity contribution is 0.288. The number of hydrogen-bond donors (Lipinski definition) is 0. The first-order valence-corrected chi connectivity index (χ1v) is 5.48. The van der Waals surface area contributed by atoms with Gasteiger partial charge in [-0.25, -0.2) is 0 Å². The van der Waals surface area contributed by atoms with Crippen molar-refractivity contribution in [1.82, 2.24) is 4.90 Å². The van der Waals surface area contributed by atoms with Crippen LogP contribution in [-0.4, -0.2) is 11.9 Å². The number of furan rings is 1. The average molecular weight is 226 g/mol. The lowest BCUT2D eigenvalue weighted by Gasteiger charge is -2.14. The summed E-state index contributed by atoms with van der Waals surface area (Å²) in [6.45, 7) is 1.62. The summed E-state index contributed by atoms with van der Waals surface area (Å²) >= 11 is 0. The molecular formula is C14H14N2O. The summed E-state index contributed by atoms with van der Waals surface area (Å²) in [5.41, 5.74) is 1.89. The van der Waals surface area contributed by atoms with Crippen molar-refractivity contribution in [2.75, 3.05) is 7.05 Å². The van der Waals surface area contributed by atoms with Crippen LogP contribution in [0.3, 0.4) is 0 Å². The van der Waals surface area contributed by atoms with Crippen molar-refractivity contribution >= 4 is 0 Å². The molecule has 0 N–H and O–H groups in total. The van der Waals surface area contributed by atoms with E-state index in [2.05, 4.69) is 11.0 Å². The van der Waals surface area contributed by atoms with E-state index in [1.54, 1.807) is 6.26 Å². The molecule has 3 heteroatoms. The van der Waals surface area contributed by atoms with Gasteiger partial charge in [0.2, 0.25) is 0 Å². The lowest BCUT2D eigenvalue weighted by atomic mass is 10.1. The lowest BCUT2D eigenvalue weighted by Crippen LogP contribution is -2.16. The zero-order valence-corrected chi connectivity index (χ0v) is 9.76. The summed E-state index contributed by atoms with van der Waals surface area (Å²) in [6.07, 6.45) is 1.69. The number of hydrogen-bond acceptors (Lipinski definition) is 3. The van der Waals surface area contributed by atoms with Gasteiger partial charge in [-0.2, -0.15) is 5.26 Å². The molecule has 0 spiro atoms. The molecule has 0 aliphatic rings. The molecule has 2 rings (SSSR count). The summed E-state index contributed by atoms with van der Waals surface area (Å²) < 4.78 is 5.29. The minimum Gasteiger partial charge on any atom is -0.468 e. The molecule has 0 atom stereocenters. The fourth-order valence-electron chi connectivity index (χ4n) is 1.72. The Morgan fingerprint density at radius 2 is 1.94 bits per heavy atom. The molecule has 0 amide bonds. The van der Waals surface area contributed by atoms with E-state index in [0.29, 0.717) is 5.56 Å². The van der Waals surface area contributed by atoms with E-state index in [-0.39, 0.29) is 0 Å². The maximum atomic E-state index is 8.71. The van der Waals surface area contributed by atoms with E-state index >= 15 is 0 Å². The van der Waals surface area contributed by atoms with Gasteiger partial charge in [0.15, 0.2) is 0 Å². The van der Waals surface area contributed by atoms with Gasteiger partial charge in [-0.05, 0) is 36.9 Å². The zero-order valence-electron chi connectivity index (χ0n) is 9.76. The van der Waals surface area contributed by atoms with Crippen LogP contribution in [0.25, 0.3) is 0 Å². The molecule has 86 valence electrons. The van der Waals surface area contributed by atoms with Crippen LogP contribution in [0, 0.1) is 11.3 Å². The van der Waals surface area contributed by atoms with Crippen LogP contribution in [0.2, 0.25) is 0 Å². The van der Waals surface area contributed by atoms with Crippen LogP contribution in [0.15, 0.2) is 47.1 Å². The van der Waals surface area contributed by atoms with E-state index in [9.17, 15) is 0 Å². The van der Waals surface area contributed by atoms with Gasteiger partial charge in [-0.3, -0.25) is 4.90 Å². The Morgan fingerprint density at radius 1 is 1.18 bits per heavy atom. The predicted molar refractivity (Wildman–Crippen MR) is 65.0 cm³/mol. The van der Waals surface area contributed by atoms with Crippen LogP contribution in [-0.2, 0) is 13.1 Å². The Balaban J connectivity index is 1.94. The van der Waals surface area contributed by atoms with Gasteiger partial charge in [0.05, 0.1) is 24.4 Å². The molecule has 0 fully saturated rings. The zero-order chi connectivity index (χ0) is 12.1. The minimum absolute atomic E-state index is 0.697. The van der Waals surface area contributed by atoms with Gasteiger partial charge < -0.3 is 4.42 Å². The fourth-order valence-corrected chi connectivity index (χ4v) is 1.72. The van der Waals surface area contributed by atoms with Crippen molar-refractivity contribution in [1.29, 1.82) is 5.26 Å². The fraction of sp³-hybridized carbons (Fsp3) is 0.214. The molecule has 1 aromatic carbocycles. The van der Waals surface area contributed by atoms with Crippen LogP contribution < -0.4 is 0 Å². The molecule has 0 saturated heterocycles. The Bertz CT molecular complexity index is 494. The molecule has 0 unspecified atom stereocenters. The highest BCUT2D eigenvalue weighted by Crippen LogP contribution is 2.09. The SMILES string of the molecule is CN(Cc1ccc(C#N)cc1)Cc1ccco1. The number of nitriles is 1. The van der Waals surface area contributed by atoms with Crippen LogP contribution in [0.4, 0.5) is 0 Å². The standard InChI is InChI=1S/C14H14N2O/c1-16(11-14-3-2-8-17-14)10-13-6-4-12(9-15)5-7-13/h2-8H,10-11H2,1H3. The monoisotopic (exact) mass is 226 g/mol. The second-order valence-corrected chi connectivity index (χ2v) is 4.06. The molecule has 0 aliphatic heterocycles. The normalized spacial score (nSPS) is 10.4. The van der Waals surface area contributed by atoms with Crippen molar-refractivity contribution in [2.24, 2.45) is 0 Å². The Morgan fingerprint density at radius 3 is 2.53 bits per heavy atom. The first-order chi connectivity index (χ1) is 8.28. The van der Waals surface area contributed by atoms with E-state index in [1.807, 2.05) is 43.4 Å². The number of benzene rings is 1. The van der Waals surface area contributed by atoms with Crippen LogP contribution in [0.1, 0.15) is 16.9 Å². The van der Waals surface area contributed by atoms with Gasteiger partial charge >= 0.3 is 0 Å². The van der Waals surface area contributed by atoms with Crippen molar-refractivity contribution in [3.63, 3.8) is 0 Å². The highest BCUT2D eigenvalue weighted by atomic mass is 16.3. The smallest absolute Gasteiger partial charge is 0.117 e. The molecule has 1 heterocycles. The molecule has 0 radical (unpaired) electrons. The molecule has 0 saturated carbocycles. The van der Waals surface area contributed by atoms with E-state index in [4.69, 9.17) is 9.68 Å². The van der Waals surface area contributed by atoms with Crippen molar-refractivity contribution in [2.45, 2.75) is 13.1 Å². The molecule has 3 nitrogen and oxygen atoms in total. The predicted octanol–water partition coefficient (Wildman–Crippen LogP) is 2.78. The Labute approximate surface area is 101 Å². The summed E-state index contributed by atoms with van der Waals surface area (Å²) in [5, 5.41) is 8.71. The summed E-state index contributed by atoms with van der Waals surface area (Å²) in [5.74, 6) is 0.959. The first-order valence-electron chi connectivity index (χ1n) is 5.48. The summed E-state index contributed by atoms with van der Waals surface area (Å²) in [6, 6.07) is 13.6. The molecule has 1 aromatic heterocycles. The second kappa shape index (κ2) is 5.33. The van der Waals surface area contributed by atoms with E-state index in [1.165, 1.54) is 5.56 Å². The minimum atomic E-state index is 0.697. The molecule has 2 aromatic rings. The summed E-state index contributed by atoms with van der Waals surface area (Å²) in [7, 11) is 2.04. The van der Waals surface area contributed by atoms with Gasteiger partial charge in [0, 0.05) is 6.54 Å². The molecule has 0 aliphatic carbocycles. The third kappa shape index (κ3) is 3.20. The molecule has 0 bridgehead atoms. The third-order valence-corrected chi connectivity index (χ3v) is 2.54. The quantitative estimate of drug-likeness (QED) is 0.804. The highest BCUT2D eigenvalue weighted by Gasteiger charge is 2.03. The molecular weight excluding hydrogens is 212 g/mol. The Kier molecular flexibility index (Phi) is 3.59. The van der Waals surface area contributed by atoms with E-state index < -0.39 is 0 Å². The topological polar surface area (TPSA) is 40.2 Å². The van der Waals surface area contributed by atoms with Crippen molar-refractivity contribution < 1.29 is 4.42 Å². The van der Waals surface area contributed by atoms with Gasteiger partial charge in [0.25, 0.3) is 0 Å². The van der Waals surface area contributed by atoms with E-state index in [0.717, 1.165) is 18.8 Å². The van der Waals surface area contributed by atoms with Crippen molar-refractivity contribution in [3.8, 4) is 6.07 Å². The molecule has 17 heavy (non-hydrogen) atoms. The maximum Gasteiger partial charge on any atom is 0.117 e. The highest BCUT2D eigenvalue weighted by molar-refractivity contribution is 5.31. The number of rotatable bonds is 4. The van der Waals surface area contributed by atoms with Crippen LogP contribution in [0.5, 0.6) is 0 Å². The van der Waals surface area contributed by atoms with Gasteiger partial charge in [-0.15, -0.1) is 0 Å². The van der Waals surface area contributed by atoms with Crippen molar-refractivity contribution in [3.05, 3.63) is 59.5 Å². The average Bonchev–Trinajstić information content (AvgIpc) is 2.82. The second-order valence-electron chi connectivity index (χ2n) is 4.06. The largest absolute Gasteiger partial charge is 0.468 e. The number of nitrogens with zero attached hydrogens (tertiary/aromatic N) is 2. The third-order valence-electron chi connectivity index (χ3n) is 2.54. The maximum absolute atomic E-state index is 8.71. The first kappa shape index (κ1) is 11.4. The summed E-state index contributed by atoms with van der Waals surface area (Å²) in [4.78, 5) is 2.17. The van der Waals surface area contributed by atoms with Crippen LogP contribution >= 0.6 is 0 Å². The van der Waals surface area contributed by atoms with Gasteiger partial charge in [0.1, 0.15) is 5.76 Å².